The predicted octanol–water partition coefficient (Wildman–Crippen LogP) is 3.90. The lowest BCUT2D eigenvalue weighted by molar-refractivity contribution is -0.111. The summed E-state index contributed by atoms with van der Waals surface area (Å²) in [6, 6.07) is 11.8. The van der Waals surface area contributed by atoms with Crippen LogP contribution in [0.4, 0.5) is 23.0 Å². The highest BCUT2D eigenvalue weighted by atomic mass is 16.5. The maximum atomic E-state index is 12.2. The Labute approximate surface area is 216 Å². The normalized spacial score (nSPS) is 11.0. The first kappa shape index (κ1) is 25.6. The summed E-state index contributed by atoms with van der Waals surface area (Å²) in [6.45, 7) is 5.17. The number of methoxy groups -OCH3 is 1. The molecule has 0 aliphatic rings. The highest BCUT2D eigenvalue weighted by Gasteiger charge is 2.17. The van der Waals surface area contributed by atoms with Crippen LogP contribution in [-0.2, 0) is 11.8 Å². The molecule has 0 fully saturated rings. The molecule has 0 atom stereocenters. The fourth-order valence-electron chi connectivity index (χ4n) is 4.05. The monoisotopic (exact) mass is 500 g/mol. The fraction of sp³-hybridized carbons (Fsp3) is 0.259. The van der Waals surface area contributed by atoms with Gasteiger partial charge in [-0.2, -0.15) is 4.98 Å². The summed E-state index contributed by atoms with van der Waals surface area (Å²) in [5.41, 5.74) is 3.96. The van der Waals surface area contributed by atoms with E-state index in [1.165, 1.54) is 12.4 Å². The molecule has 0 radical (unpaired) electrons. The van der Waals surface area contributed by atoms with E-state index in [1.54, 1.807) is 7.11 Å². The van der Waals surface area contributed by atoms with Crippen LogP contribution >= 0.6 is 0 Å². The lowest BCUT2D eigenvalue weighted by Crippen LogP contribution is -2.29. The minimum atomic E-state index is -0.309. The van der Waals surface area contributed by atoms with Crippen LogP contribution in [-0.4, -0.2) is 71.7 Å². The molecular weight excluding hydrogens is 468 g/mol. The number of aryl methyl sites for hydroxylation is 1. The zero-order chi connectivity index (χ0) is 26.5. The van der Waals surface area contributed by atoms with Crippen molar-refractivity contribution in [3.05, 3.63) is 61.6 Å². The molecular formula is C27H32N8O2. The van der Waals surface area contributed by atoms with E-state index < -0.39 is 0 Å². The molecule has 0 saturated carbocycles. The van der Waals surface area contributed by atoms with E-state index in [0.717, 1.165) is 35.2 Å². The maximum absolute atomic E-state index is 12.2. The van der Waals surface area contributed by atoms with Crippen molar-refractivity contribution in [2.45, 2.75) is 0 Å². The quantitative estimate of drug-likeness (QED) is 0.316. The maximum Gasteiger partial charge on any atom is 0.247 e. The van der Waals surface area contributed by atoms with Crippen LogP contribution in [0, 0.1) is 0 Å². The zero-order valence-corrected chi connectivity index (χ0v) is 21.8. The van der Waals surface area contributed by atoms with Gasteiger partial charge in [-0.1, -0.05) is 18.7 Å². The molecule has 0 bridgehead atoms. The van der Waals surface area contributed by atoms with Crippen molar-refractivity contribution in [1.82, 2.24) is 24.4 Å². The average Bonchev–Trinajstić information content (AvgIpc) is 3.28. The Bertz CT molecular complexity index is 1430. The highest BCUT2D eigenvalue weighted by molar-refractivity contribution is 6.02. The minimum absolute atomic E-state index is 0.309. The summed E-state index contributed by atoms with van der Waals surface area (Å²) < 4.78 is 7.74. The van der Waals surface area contributed by atoms with Gasteiger partial charge in [-0.25, -0.2) is 9.97 Å². The first-order valence-corrected chi connectivity index (χ1v) is 11.8. The van der Waals surface area contributed by atoms with Crippen LogP contribution in [0.5, 0.6) is 5.75 Å². The van der Waals surface area contributed by atoms with Crippen molar-refractivity contribution in [2.24, 2.45) is 7.05 Å². The molecule has 37 heavy (non-hydrogen) atoms. The molecule has 0 aliphatic heterocycles. The standard InChI is InChI=1S/C27H32N8O2/c1-7-24(36)30-20-15-21(23(37-6)16-22(20)34(4)14-13-33(2)3)31-27-29-17-28-26(32-27)19-10-8-9-18-11-12-35(5)25(18)19/h7-12,15-17H,1,13-14H2,2-6H3,(H,30,36)(H,28,29,31,32). The van der Waals surface area contributed by atoms with Crippen LogP contribution < -0.4 is 20.3 Å². The topological polar surface area (TPSA) is 100 Å². The van der Waals surface area contributed by atoms with Gasteiger partial charge < -0.3 is 29.7 Å². The van der Waals surface area contributed by atoms with Gasteiger partial charge in [0.05, 0.1) is 29.7 Å². The molecule has 0 unspecified atom stereocenters. The summed E-state index contributed by atoms with van der Waals surface area (Å²) in [5.74, 6) is 1.17. The molecule has 1 amide bonds. The van der Waals surface area contributed by atoms with Gasteiger partial charge in [0.15, 0.2) is 5.82 Å². The number of amides is 1. The number of aromatic nitrogens is 4. The molecule has 2 aromatic carbocycles. The molecule has 192 valence electrons. The smallest absolute Gasteiger partial charge is 0.247 e. The SMILES string of the molecule is C=CC(=O)Nc1cc(Nc2ncnc(-c3cccc4ccn(C)c34)n2)c(OC)cc1N(C)CCN(C)C. The Morgan fingerprint density at radius 3 is 2.68 bits per heavy atom. The number of ether oxygens (including phenoxy) is 1. The number of carbonyl (C=O) groups is 1. The third kappa shape index (κ3) is 5.70. The van der Waals surface area contributed by atoms with Crippen molar-refractivity contribution in [3.63, 3.8) is 0 Å². The largest absolute Gasteiger partial charge is 0.494 e. The molecule has 0 aliphatic carbocycles. The molecule has 0 spiro atoms. The summed E-state index contributed by atoms with van der Waals surface area (Å²) in [4.78, 5) is 29.8. The zero-order valence-electron chi connectivity index (χ0n) is 21.8. The summed E-state index contributed by atoms with van der Waals surface area (Å²) in [6.07, 6.45) is 4.72. The first-order chi connectivity index (χ1) is 17.8. The second kappa shape index (κ2) is 11.1. The third-order valence-electron chi connectivity index (χ3n) is 6.01. The van der Waals surface area contributed by atoms with Crippen LogP contribution in [0.1, 0.15) is 0 Å². The van der Waals surface area contributed by atoms with E-state index in [1.807, 2.05) is 63.2 Å². The van der Waals surface area contributed by atoms with Gasteiger partial charge in [-0.3, -0.25) is 4.79 Å². The Morgan fingerprint density at radius 2 is 1.95 bits per heavy atom. The number of carbonyl (C=O) groups excluding carboxylic acids is 1. The van der Waals surface area contributed by atoms with Gasteiger partial charge in [0.1, 0.15) is 12.1 Å². The minimum Gasteiger partial charge on any atom is -0.494 e. The average molecular weight is 501 g/mol. The van der Waals surface area contributed by atoms with Gasteiger partial charge in [-0.15, -0.1) is 0 Å². The van der Waals surface area contributed by atoms with E-state index in [4.69, 9.17) is 4.74 Å². The van der Waals surface area contributed by atoms with E-state index in [-0.39, 0.29) is 5.91 Å². The Hall–Kier alpha value is -4.44. The molecule has 4 rings (SSSR count). The molecule has 0 saturated heterocycles. The summed E-state index contributed by atoms with van der Waals surface area (Å²) >= 11 is 0. The Balaban J connectivity index is 1.71. The number of hydrogen-bond donors (Lipinski definition) is 2. The van der Waals surface area contributed by atoms with Crippen LogP contribution in [0.15, 0.2) is 61.6 Å². The second-order valence-corrected chi connectivity index (χ2v) is 8.92. The van der Waals surface area contributed by atoms with Gasteiger partial charge in [0.25, 0.3) is 0 Å². The van der Waals surface area contributed by atoms with E-state index >= 15 is 0 Å². The van der Waals surface area contributed by atoms with E-state index in [0.29, 0.717) is 28.9 Å². The molecule has 2 aromatic heterocycles. The molecule has 2 N–H and O–H groups in total. The van der Waals surface area contributed by atoms with Crippen LogP contribution in [0.2, 0.25) is 0 Å². The number of anilines is 4. The van der Waals surface area contributed by atoms with Crippen LogP contribution in [0.25, 0.3) is 22.3 Å². The second-order valence-electron chi connectivity index (χ2n) is 8.92. The van der Waals surface area contributed by atoms with Gasteiger partial charge in [0.2, 0.25) is 11.9 Å². The number of hydrogen-bond acceptors (Lipinski definition) is 8. The van der Waals surface area contributed by atoms with Gasteiger partial charge in [0, 0.05) is 50.4 Å². The number of fused-ring (bicyclic) bond motifs is 1. The summed E-state index contributed by atoms with van der Waals surface area (Å²) in [5, 5.41) is 7.25. The van der Waals surface area contributed by atoms with Crippen molar-refractivity contribution >= 4 is 39.8 Å². The van der Waals surface area contributed by atoms with E-state index in [2.05, 4.69) is 54.1 Å². The number of nitrogens with one attached hydrogen (secondary N) is 2. The third-order valence-corrected chi connectivity index (χ3v) is 6.01. The lowest BCUT2D eigenvalue weighted by Gasteiger charge is -2.26. The van der Waals surface area contributed by atoms with Crippen molar-refractivity contribution < 1.29 is 9.53 Å². The summed E-state index contributed by atoms with van der Waals surface area (Å²) in [7, 11) is 9.60. The van der Waals surface area contributed by atoms with Crippen molar-refractivity contribution in [3.8, 4) is 17.1 Å². The van der Waals surface area contributed by atoms with Gasteiger partial charge in [-0.05, 0) is 38.4 Å². The molecule has 10 nitrogen and oxygen atoms in total. The molecule has 10 heteroatoms. The van der Waals surface area contributed by atoms with Crippen LogP contribution in [0.3, 0.4) is 0 Å². The number of likely N-dealkylation sites (N-methyl/N-ethyl adjacent to an activating group) is 2. The molecule has 2 heterocycles. The fourth-order valence-corrected chi connectivity index (χ4v) is 4.05. The number of para-hydroxylation sites is 1. The predicted molar refractivity (Wildman–Crippen MR) is 149 cm³/mol. The lowest BCUT2D eigenvalue weighted by atomic mass is 10.1. The highest BCUT2D eigenvalue weighted by Crippen LogP contribution is 2.38. The molecule has 4 aromatic rings. The van der Waals surface area contributed by atoms with Gasteiger partial charge >= 0.3 is 0 Å². The van der Waals surface area contributed by atoms with Crippen molar-refractivity contribution in [1.29, 1.82) is 0 Å². The number of nitrogens with zero attached hydrogens (tertiary/aromatic N) is 6. The van der Waals surface area contributed by atoms with Crippen molar-refractivity contribution in [2.75, 3.05) is 56.9 Å². The Morgan fingerprint density at radius 1 is 1.14 bits per heavy atom. The Kier molecular flexibility index (Phi) is 7.69. The van der Waals surface area contributed by atoms with E-state index in [9.17, 15) is 4.79 Å². The number of rotatable bonds is 10. The number of benzene rings is 2. The first-order valence-electron chi connectivity index (χ1n) is 11.8.